The average molecular weight is 627 g/mol. The first-order valence-corrected chi connectivity index (χ1v) is 14.7. The van der Waals surface area contributed by atoms with Gasteiger partial charge in [0.1, 0.15) is 29.0 Å². The number of halogens is 2. The molecule has 0 fully saturated rings. The summed E-state index contributed by atoms with van der Waals surface area (Å²) in [6, 6.07) is 29.8. The number of anilines is 1. The number of nitrogen functional groups attached to an aromatic ring is 1. The molecular weight excluding hydrogens is 597 g/mol. The molecule has 0 aliphatic heterocycles. The van der Waals surface area contributed by atoms with Crippen molar-refractivity contribution in [2.45, 2.75) is 25.6 Å². The Balaban J connectivity index is 1.19. The van der Waals surface area contributed by atoms with Crippen molar-refractivity contribution in [1.29, 1.82) is 0 Å². The Hall–Kier alpha value is -4.99. The highest BCUT2D eigenvalue weighted by Gasteiger charge is 2.22. The molecule has 0 spiro atoms. The Morgan fingerprint density at radius 3 is 2.45 bits per heavy atom. The van der Waals surface area contributed by atoms with Crippen LogP contribution in [0.1, 0.15) is 28.6 Å². The van der Waals surface area contributed by atoms with Gasteiger partial charge < -0.3 is 26.1 Å². The van der Waals surface area contributed by atoms with Crippen molar-refractivity contribution in [3.8, 4) is 17.0 Å². The number of nitrogens with one attached hydrogen (secondary N) is 4. The minimum absolute atomic E-state index is 0.200. The molecular formula is C33H29Cl2N7O2. The molecule has 6 aromatic rings. The summed E-state index contributed by atoms with van der Waals surface area (Å²) >= 11 is 12.9. The van der Waals surface area contributed by atoms with Gasteiger partial charge in [0.05, 0.1) is 11.6 Å². The second-order valence-electron chi connectivity index (χ2n) is 10.2. The zero-order valence-corrected chi connectivity index (χ0v) is 25.0. The molecule has 0 saturated heterocycles. The van der Waals surface area contributed by atoms with Crippen LogP contribution >= 0.6 is 23.2 Å². The summed E-state index contributed by atoms with van der Waals surface area (Å²) in [5.41, 5.74) is 10.8. The molecule has 9 nitrogen and oxygen atoms in total. The Kier molecular flexibility index (Phi) is 8.67. The minimum atomic E-state index is -0.511. The van der Waals surface area contributed by atoms with Gasteiger partial charge in [0.15, 0.2) is 5.82 Å². The van der Waals surface area contributed by atoms with E-state index < -0.39 is 6.04 Å². The number of hydrogen-bond donors (Lipinski definition) is 5. The number of urea groups is 1. The quantitative estimate of drug-likeness (QED) is 0.110. The highest BCUT2D eigenvalue weighted by Crippen LogP contribution is 2.31. The first kappa shape index (κ1) is 29.1. The highest BCUT2D eigenvalue weighted by atomic mass is 35.5. The number of amides is 2. The van der Waals surface area contributed by atoms with Crippen molar-refractivity contribution in [3.63, 3.8) is 0 Å². The molecule has 0 bridgehead atoms. The van der Waals surface area contributed by atoms with Crippen LogP contribution in [0.3, 0.4) is 0 Å². The number of carbonyl (C=O) groups excluding carboxylic acids is 1. The number of nitrogens with two attached hydrogens (primary N) is 1. The van der Waals surface area contributed by atoms with E-state index in [0.29, 0.717) is 46.3 Å². The van der Waals surface area contributed by atoms with Crippen LogP contribution in [0.25, 0.3) is 22.2 Å². The van der Waals surface area contributed by atoms with Crippen molar-refractivity contribution in [1.82, 2.24) is 30.8 Å². The summed E-state index contributed by atoms with van der Waals surface area (Å²) in [4.78, 5) is 21.3. The third-order valence-corrected chi connectivity index (χ3v) is 7.67. The summed E-state index contributed by atoms with van der Waals surface area (Å²) in [5, 5.41) is 14.7. The highest BCUT2D eigenvalue weighted by molar-refractivity contribution is 6.32. The molecule has 1 atom stereocenters. The van der Waals surface area contributed by atoms with Crippen LogP contribution in [0.4, 0.5) is 10.6 Å². The summed E-state index contributed by atoms with van der Waals surface area (Å²) in [6.07, 6.45) is 0.482. The monoisotopic (exact) mass is 625 g/mol. The van der Waals surface area contributed by atoms with Gasteiger partial charge in [0.2, 0.25) is 0 Å². The van der Waals surface area contributed by atoms with Gasteiger partial charge >= 0.3 is 6.03 Å². The largest absolute Gasteiger partial charge is 0.489 e. The zero-order valence-electron chi connectivity index (χ0n) is 23.5. The number of aromatic amines is 2. The van der Waals surface area contributed by atoms with Gasteiger partial charge in [0, 0.05) is 28.1 Å². The van der Waals surface area contributed by atoms with Gasteiger partial charge in [0.25, 0.3) is 0 Å². The summed E-state index contributed by atoms with van der Waals surface area (Å²) < 4.78 is 6.05. The normalized spacial score (nSPS) is 11.8. The van der Waals surface area contributed by atoms with E-state index in [-0.39, 0.29) is 12.6 Å². The molecule has 0 radical (unpaired) electrons. The average Bonchev–Trinajstić information content (AvgIpc) is 3.62. The maximum Gasteiger partial charge on any atom is 0.315 e. The summed E-state index contributed by atoms with van der Waals surface area (Å²) in [7, 11) is 0. The van der Waals surface area contributed by atoms with Gasteiger partial charge in [-0.1, -0.05) is 89.9 Å². The number of aromatic nitrogens is 4. The Morgan fingerprint density at radius 2 is 1.68 bits per heavy atom. The van der Waals surface area contributed by atoms with E-state index in [9.17, 15) is 4.79 Å². The fraction of sp³-hybridized carbons (Fsp3) is 0.121. The predicted molar refractivity (Wildman–Crippen MR) is 174 cm³/mol. The van der Waals surface area contributed by atoms with Crippen molar-refractivity contribution in [2.24, 2.45) is 0 Å². The number of ether oxygens (including phenoxy) is 1. The lowest BCUT2D eigenvalue weighted by atomic mass is 10.1. The van der Waals surface area contributed by atoms with Gasteiger partial charge in [-0.25, -0.2) is 9.78 Å². The lowest BCUT2D eigenvalue weighted by Gasteiger charge is -2.18. The summed E-state index contributed by atoms with van der Waals surface area (Å²) in [5.74, 6) is 1.58. The molecule has 44 heavy (non-hydrogen) atoms. The Labute approximate surface area is 263 Å². The van der Waals surface area contributed by atoms with Crippen molar-refractivity contribution < 1.29 is 9.53 Å². The number of imidazole rings is 1. The SMILES string of the molecule is Nc1n[nH]c2cc(-c3nc(C(Cc4ccccc4)NC(=O)NCc4cc(Cl)ccc4OCc4ccccc4)[nH]c3Cl)ccc12. The fourth-order valence-corrected chi connectivity index (χ4v) is 5.37. The molecule has 1 unspecified atom stereocenters. The van der Waals surface area contributed by atoms with E-state index in [1.165, 1.54) is 0 Å². The lowest BCUT2D eigenvalue weighted by molar-refractivity contribution is 0.235. The van der Waals surface area contributed by atoms with Gasteiger partial charge in [-0.05, 0) is 47.9 Å². The molecule has 11 heteroatoms. The second kappa shape index (κ2) is 13.1. The van der Waals surface area contributed by atoms with Crippen LogP contribution in [0.5, 0.6) is 5.75 Å². The first-order valence-electron chi connectivity index (χ1n) is 14.0. The molecule has 2 heterocycles. The molecule has 222 valence electrons. The molecule has 2 amide bonds. The van der Waals surface area contributed by atoms with Crippen molar-refractivity contribution in [2.75, 3.05) is 5.73 Å². The molecule has 0 aliphatic rings. The zero-order chi connectivity index (χ0) is 30.5. The fourth-order valence-electron chi connectivity index (χ4n) is 4.93. The maximum atomic E-state index is 13.3. The number of H-pyrrole nitrogens is 2. The van der Waals surface area contributed by atoms with Crippen LogP contribution in [-0.2, 0) is 19.6 Å². The Morgan fingerprint density at radius 1 is 0.932 bits per heavy atom. The van der Waals surface area contributed by atoms with Crippen LogP contribution in [0.2, 0.25) is 10.2 Å². The van der Waals surface area contributed by atoms with Gasteiger partial charge in [-0.2, -0.15) is 5.10 Å². The number of nitrogens with zero attached hydrogens (tertiary/aromatic N) is 2. The second-order valence-corrected chi connectivity index (χ2v) is 11.1. The van der Waals surface area contributed by atoms with Crippen LogP contribution in [-0.4, -0.2) is 26.2 Å². The third kappa shape index (κ3) is 6.80. The van der Waals surface area contributed by atoms with E-state index in [1.54, 1.807) is 18.2 Å². The van der Waals surface area contributed by atoms with E-state index in [2.05, 4.69) is 25.8 Å². The molecule has 0 saturated carbocycles. The van der Waals surface area contributed by atoms with Crippen LogP contribution in [0.15, 0.2) is 97.1 Å². The number of carbonyl (C=O) groups is 1. The number of rotatable bonds is 10. The van der Waals surface area contributed by atoms with E-state index in [4.69, 9.17) is 38.7 Å². The third-order valence-electron chi connectivity index (χ3n) is 7.16. The van der Waals surface area contributed by atoms with Gasteiger partial charge in [-0.3, -0.25) is 5.10 Å². The molecule has 2 aromatic heterocycles. The molecule has 0 aliphatic carbocycles. The van der Waals surface area contributed by atoms with Crippen molar-refractivity contribution >= 4 is 46.0 Å². The first-order chi connectivity index (χ1) is 21.4. The predicted octanol–water partition coefficient (Wildman–Crippen LogP) is 7.20. The Bertz CT molecular complexity index is 1890. The maximum absolute atomic E-state index is 13.3. The smallest absolute Gasteiger partial charge is 0.315 e. The lowest BCUT2D eigenvalue weighted by Crippen LogP contribution is -2.38. The van der Waals surface area contributed by atoms with Crippen LogP contribution < -0.4 is 21.1 Å². The number of fused-ring (bicyclic) bond motifs is 1. The van der Waals surface area contributed by atoms with Gasteiger partial charge in [-0.15, -0.1) is 0 Å². The van der Waals surface area contributed by atoms with Crippen LogP contribution in [0, 0.1) is 0 Å². The topological polar surface area (TPSA) is 134 Å². The standard InChI is InChI=1S/C33H29Cl2N7O2/c34-24-12-14-28(44-19-21-9-5-2-6-10-21)23(16-24)18-37-33(43)38-27(15-20-7-3-1-4-8-20)32-39-29(30(35)40-32)22-11-13-25-26(17-22)41-42-31(25)36/h1-14,16-17,27H,15,18-19H2,(H,39,40)(H3,36,41,42)(H2,37,38,43). The van der Waals surface area contributed by atoms with Crippen molar-refractivity contribution in [3.05, 3.63) is 130 Å². The van der Waals surface area contributed by atoms with E-state index >= 15 is 0 Å². The number of benzene rings is 4. The minimum Gasteiger partial charge on any atom is -0.489 e. The summed E-state index contributed by atoms with van der Waals surface area (Å²) in [6.45, 7) is 0.592. The van der Waals surface area contributed by atoms with E-state index in [0.717, 1.165) is 33.2 Å². The molecule has 4 aromatic carbocycles. The molecule has 6 rings (SSSR count). The number of hydrogen-bond acceptors (Lipinski definition) is 5. The van der Waals surface area contributed by atoms with E-state index in [1.807, 2.05) is 78.9 Å². The molecule has 6 N–H and O–H groups in total.